The van der Waals surface area contributed by atoms with E-state index in [2.05, 4.69) is 15.9 Å². The number of esters is 1. The lowest BCUT2D eigenvalue weighted by Gasteiger charge is -2.14. The van der Waals surface area contributed by atoms with E-state index in [4.69, 9.17) is 9.84 Å². The van der Waals surface area contributed by atoms with Crippen molar-refractivity contribution in [3.8, 4) is 5.75 Å². The lowest BCUT2D eigenvalue weighted by Crippen LogP contribution is -2.20. The average molecular weight is 315 g/mol. The van der Waals surface area contributed by atoms with Crippen molar-refractivity contribution < 1.29 is 19.4 Å². The second-order valence-electron chi connectivity index (χ2n) is 3.86. The summed E-state index contributed by atoms with van der Waals surface area (Å²) in [6.45, 7) is 3.79. The molecule has 98 valence electrons. The van der Waals surface area contributed by atoms with Gasteiger partial charge in [0.15, 0.2) is 5.75 Å². The lowest BCUT2D eigenvalue weighted by atomic mass is 10.0. The standard InChI is InChI=1S/C13H15BrO4/c1-3-8(4-2)13(17)18-11-9(12(15)16)6-5-7-10(11)14/h5-8H,3-4H2,1-2H3,(H,15,16). The van der Waals surface area contributed by atoms with E-state index in [1.165, 1.54) is 6.07 Å². The topological polar surface area (TPSA) is 63.6 Å². The number of benzene rings is 1. The summed E-state index contributed by atoms with van der Waals surface area (Å²) < 4.78 is 5.67. The van der Waals surface area contributed by atoms with Gasteiger partial charge in [0.05, 0.1) is 10.4 Å². The molecule has 0 unspecified atom stereocenters. The number of carboxylic acid groups (broad SMARTS) is 1. The van der Waals surface area contributed by atoms with E-state index >= 15 is 0 Å². The maximum Gasteiger partial charge on any atom is 0.339 e. The Balaban J connectivity index is 3.03. The van der Waals surface area contributed by atoms with Gasteiger partial charge in [-0.3, -0.25) is 4.79 Å². The first-order chi connectivity index (χ1) is 8.51. The summed E-state index contributed by atoms with van der Waals surface area (Å²) in [6, 6.07) is 4.63. The van der Waals surface area contributed by atoms with Crippen LogP contribution < -0.4 is 4.74 Å². The molecule has 0 saturated heterocycles. The minimum Gasteiger partial charge on any atom is -0.478 e. The third-order valence-corrected chi connectivity index (χ3v) is 3.34. The van der Waals surface area contributed by atoms with Crippen molar-refractivity contribution in [3.63, 3.8) is 0 Å². The minimum atomic E-state index is -1.12. The van der Waals surface area contributed by atoms with E-state index in [1.54, 1.807) is 12.1 Å². The van der Waals surface area contributed by atoms with Crippen LogP contribution >= 0.6 is 15.9 Å². The molecular formula is C13H15BrO4. The van der Waals surface area contributed by atoms with Crippen LogP contribution in [-0.2, 0) is 4.79 Å². The zero-order valence-corrected chi connectivity index (χ0v) is 11.9. The van der Waals surface area contributed by atoms with Crippen LogP contribution in [0.1, 0.15) is 37.0 Å². The lowest BCUT2D eigenvalue weighted by molar-refractivity contribution is -0.139. The van der Waals surface area contributed by atoms with E-state index in [1.807, 2.05) is 13.8 Å². The van der Waals surface area contributed by atoms with Crippen LogP contribution in [0.5, 0.6) is 5.75 Å². The Morgan fingerprint density at radius 2 is 1.94 bits per heavy atom. The number of carbonyl (C=O) groups excluding carboxylic acids is 1. The Morgan fingerprint density at radius 3 is 2.44 bits per heavy atom. The minimum absolute atomic E-state index is 0.0244. The molecule has 4 nitrogen and oxygen atoms in total. The first-order valence-corrected chi connectivity index (χ1v) is 6.54. The molecule has 0 aliphatic heterocycles. The number of rotatable bonds is 5. The summed E-state index contributed by atoms with van der Waals surface area (Å²) in [7, 11) is 0. The maximum absolute atomic E-state index is 11.9. The van der Waals surface area contributed by atoms with Crippen molar-refractivity contribution >= 4 is 27.9 Å². The third kappa shape index (κ3) is 3.32. The van der Waals surface area contributed by atoms with Gasteiger partial charge in [-0.05, 0) is 40.9 Å². The maximum atomic E-state index is 11.9. The summed E-state index contributed by atoms with van der Waals surface area (Å²) in [5.41, 5.74) is -0.0244. The molecule has 0 aliphatic carbocycles. The number of aromatic carboxylic acids is 1. The summed E-state index contributed by atoms with van der Waals surface area (Å²) in [4.78, 5) is 22.9. The van der Waals surface area contributed by atoms with E-state index in [0.29, 0.717) is 17.3 Å². The molecule has 0 saturated carbocycles. The van der Waals surface area contributed by atoms with Crippen molar-refractivity contribution in [1.29, 1.82) is 0 Å². The summed E-state index contributed by atoms with van der Waals surface area (Å²) in [5, 5.41) is 9.04. The number of carbonyl (C=O) groups is 2. The smallest absolute Gasteiger partial charge is 0.339 e. The Labute approximate surface area is 114 Å². The highest BCUT2D eigenvalue weighted by atomic mass is 79.9. The SMILES string of the molecule is CCC(CC)C(=O)Oc1c(Br)cccc1C(=O)O. The van der Waals surface area contributed by atoms with E-state index in [0.717, 1.165) is 0 Å². The zero-order chi connectivity index (χ0) is 13.7. The molecule has 0 spiro atoms. The molecule has 0 bridgehead atoms. The predicted octanol–water partition coefficient (Wildman–Crippen LogP) is 3.49. The van der Waals surface area contributed by atoms with Gasteiger partial charge >= 0.3 is 11.9 Å². The van der Waals surface area contributed by atoms with Gasteiger partial charge in [-0.1, -0.05) is 19.9 Å². The Kier molecular flexibility index (Phi) is 5.34. The van der Waals surface area contributed by atoms with Crippen molar-refractivity contribution in [2.75, 3.05) is 0 Å². The van der Waals surface area contributed by atoms with Crippen LogP contribution in [0.3, 0.4) is 0 Å². The van der Waals surface area contributed by atoms with Crippen molar-refractivity contribution in [2.45, 2.75) is 26.7 Å². The van der Waals surface area contributed by atoms with Crippen LogP contribution in [0.15, 0.2) is 22.7 Å². The summed E-state index contributed by atoms with van der Waals surface area (Å²) in [5.74, 6) is -1.65. The quantitative estimate of drug-likeness (QED) is 0.667. The molecule has 1 rings (SSSR count). The fourth-order valence-electron chi connectivity index (χ4n) is 1.59. The first-order valence-electron chi connectivity index (χ1n) is 5.74. The van der Waals surface area contributed by atoms with E-state index in [9.17, 15) is 9.59 Å². The Hall–Kier alpha value is -1.36. The third-order valence-electron chi connectivity index (χ3n) is 2.72. The average Bonchev–Trinajstić information content (AvgIpc) is 2.33. The van der Waals surface area contributed by atoms with Gasteiger partial charge in [0.2, 0.25) is 0 Å². The second kappa shape index (κ2) is 6.54. The van der Waals surface area contributed by atoms with E-state index in [-0.39, 0.29) is 17.2 Å². The number of para-hydroxylation sites is 1. The van der Waals surface area contributed by atoms with Gasteiger partial charge in [-0.15, -0.1) is 0 Å². The van der Waals surface area contributed by atoms with Gasteiger partial charge in [-0.25, -0.2) is 4.79 Å². The molecule has 0 atom stereocenters. The first kappa shape index (κ1) is 14.7. The molecule has 0 fully saturated rings. The van der Waals surface area contributed by atoms with Crippen molar-refractivity contribution in [2.24, 2.45) is 5.92 Å². The molecule has 18 heavy (non-hydrogen) atoms. The molecule has 0 heterocycles. The van der Waals surface area contributed by atoms with E-state index < -0.39 is 11.9 Å². The predicted molar refractivity (Wildman–Crippen MR) is 70.8 cm³/mol. The number of hydrogen-bond acceptors (Lipinski definition) is 3. The Morgan fingerprint density at radius 1 is 1.33 bits per heavy atom. The zero-order valence-electron chi connectivity index (χ0n) is 10.3. The van der Waals surface area contributed by atoms with Crippen LogP contribution in [0.25, 0.3) is 0 Å². The molecule has 5 heteroatoms. The number of halogens is 1. The normalized spacial score (nSPS) is 10.4. The van der Waals surface area contributed by atoms with Gasteiger partial charge in [0.25, 0.3) is 0 Å². The number of carboxylic acids is 1. The Bertz CT molecular complexity index is 452. The van der Waals surface area contributed by atoms with Crippen LogP contribution in [-0.4, -0.2) is 17.0 Å². The molecular weight excluding hydrogens is 300 g/mol. The van der Waals surface area contributed by atoms with Crippen molar-refractivity contribution in [1.82, 2.24) is 0 Å². The second-order valence-corrected chi connectivity index (χ2v) is 4.71. The molecule has 1 aromatic rings. The fourth-order valence-corrected chi connectivity index (χ4v) is 2.03. The van der Waals surface area contributed by atoms with Crippen LogP contribution in [0.2, 0.25) is 0 Å². The highest BCUT2D eigenvalue weighted by Gasteiger charge is 2.21. The molecule has 1 N–H and O–H groups in total. The largest absolute Gasteiger partial charge is 0.478 e. The molecule has 1 aromatic carbocycles. The van der Waals surface area contributed by atoms with Gasteiger partial charge in [0.1, 0.15) is 5.56 Å². The molecule has 0 amide bonds. The van der Waals surface area contributed by atoms with Gasteiger partial charge in [-0.2, -0.15) is 0 Å². The van der Waals surface area contributed by atoms with Crippen molar-refractivity contribution in [3.05, 3.63) is 28.2 Å². The van der Waals surface area contributed by atoms with Crippen LogP contribution in [0, 0.1) is 5.92 Å². The van der Waals surface area contributed by atoms with Crippen LogP contribution in [0.4, 0.5) is 0 Å². The highest BCUT2D eigenvalue weighted by molar-refractivity contribution is 9.10. The fraction of sp³-hybridized carbons (Fsp3) is 0.385. The molecule has 0 aliphatic rings. The molecule has 0 aromatic heterocycles. The highest BCUT2D eigenvalue weighted by Crippen LogP contribution is 2.30. The van der Waals surface area contributed by atoms with Gasteiger partial charge < -0.3 is 9.84 Å². The number of ether oxygens (including phenoxy) is 1. The summed E-state index contributed by atoms with van der Waals surface area (Å²) >= 11 is 3.20. The van der Waals surface area contributed by atoms with Gasteiger partial charge in [0, 0.05) is 0 Å². The summed E-state index contributed by atoms with van der Waals surface area (Å²) in [6.07, 6.45) is 1.34. The monoisotopic (exact) mass is 314 g/mol. The number of hydrogen-bond donors (Lipinski definition) is 1. The molecule has 0 radical (unpaired) electrons.